The van der Waals surface area contributed by atoms with Crippen LogP contribution in [0, 0.1) is 0 Å². The number of carbonyl (C=O) groups excluding carboxylic acids is 1. The second-order valence-electron chi connectivity index (χ2n) is 5.30. The van der Waals surface area contributed by atoms with Gasteiger partial charge in [-0.25, -0.2) is 0 Å². The Morgan fingerprint density at radius 1 is 1.08 bits per heavy atom. The maximum Gasteiger partial charge on any atom is 0.251 e. The van der Waals surface area contributed by atoms with Gasteiger partial charge in [0.05, 0.1) is 19.4 Å². The Morgan fingerprint density at radius 3 is 2.58 bits per heavy atom. The lowest BCUT2D eigenvalue weighted by atomic mass is 10.2. The predicted molar refractivity (Wildman–Crippen MR) is 95.2 cm³/mol. The van der Waals surface area contributed by atoms with Gasteiger partial charge in [-0.15, -0.1) is 10.2 Å². The lowest BCUT2D eigenvalue weighted by Crippen LogP contribution is -2.28. The molecule has 2 heterocycles. The molecule has 0 unspecified atom stereocenters. The molecule has 0 spiro atoms. The molecule has 0 aliphatic carbocycles. The van der Waals surface area contributed by atoms with E-state index in [0.29, 0.717) is 36.0 Å². The summed E-state index contributed by atoms with van der Waals surface area (Å²) in [6.07, 6.45) is 1.58. The molecule has 26 heavy (non-hydrogen) atoms. The highest BCUT2D eigenvalue weighted by Crippen LogP contribution is 2.17. The van der Waals surface area contributed by atoms with Crippen molar-refractivity contribution >= 4 is 5.91 Å². The summed E-state index contributed by atoms with van der Waals surface area (Å²) in [5.41, 5.74) is 1.20. The third kappa shape index (κ3) is 4.60. The van der Waals surface area contributed by atoms with Crippen LogP contribution in [0.3, 0.4) is 0 Å². The number of rotatable bonds is 8. The van der Waals surface area contributed by atoms with E-state index in [2.05, 4.69) is 15.5 Å². The van der Waals surface area contributed by atoms with E-state index in [1.54, 1.807) is 54.8 Å². The number of nitrogens with zero attached hydrogens (tertiary/aromatic N) is 2. The van der Waals surface area contributed by atoms with Crippen molar-refractivity contribution in [3.8, 4) is 23.1 Å². The number of benzene rings is 1. The van der Waals surface area contributed by atoms with Crippen LogP contribution in [0.5, 0.6) is 11.6 Å². The SMILES string of the molecule is CCOc1ccc(C(=O)NCCOc2ccc(-c3ccco3)nn2)cc1. The summed E-state index contributed by atoms with van der Waals surface area (Å²) in [7, 11) is 0. The zero-order chi connectivity index (χ0) is 18.2. The molecule has 1 N–H and O–H groups in total. The minimum Gasteiger partial charge on any atom is -0.494 e. The number of ether oxygens (including phenoxy) is 2. The highest BCUT2D eigenvalue weighted by Gasteiger charge is 2.06. The van der Waals surface area contributed by atoms with Crippen LogP contribution in [0.4, 0.5) is 0 Å². The van der Waals surface area contributed by atoms with E-state index in [-0.39, 0.29) is 12.5 Å². The number of hydrogen-bond acceptors (Lipinski definition) is 6. The largest absolute Gasteiger partial charge is 0.494 e. The summed E-state index contributed by atoms with van der Waals surface area (Å²) in [5, 5.41) is 10.8. The zero-order valence-corrected chi connectivity index (χ0v) is 14.3. The highest BCUT2D eigenvalue weighted by atomic mass is 16.5. The lowest BCUT2D eigenvalue weighted by Gasteiger charge is -2.08. The number of hydrogen-bond donors (Lipinski definition) is 1. The van der Waals surface area contributed by atoms with Gasteiger partial charge in [0.25, 0.3) is 5.91 Å². The van der Waals surface area contributed by atoms with Crippen molar-refractivity contribution in [3.05, 3.63) is 60.4 Å². The highest BCUT2D eigenvalue weighted by molar-refractivity contribution is 5.94. The first kappa shape index (κ1) is 17.5. The number of furan rings is 1. The lowest BCUT2D eigenvalue weighted by molar-refractivity contribution is 0.0946. The minimum absolute atomic E-state index is 0.170. The van der Waals surface area contributed by atoms with E-state index in [1.165, 1.54) is 0 Å². The Kier molecular flexibility index (Phi) is 5.82. The Bertz CT molecular complexity index is 815. The second kappa shape index (κ2) is 8.66. The molecule has 0 radical (unpaired) electrons. The molecule has 0 atom stereocenters. The number of amides is 1. The minimum atomic E-state index is -0.170. The first-order valence-corrected chi connectivity index (χ1v) is 8.27. The first-order chi connectivity index (χ1) is 12.8. The van der Waals surface area contributed by atoms with E-state index < -0.39 is 0 Å². The van der Waals surface area contributed by atoms with Gasteiger partial charge in [-0.05, 0) is 49.4 Å². The molecule has 134 valence electrons. The molecule has 0 aliphatic rings. The standard InChI is InChI=1S/C19H19N3O4/c1-2-24-15-7-5-14(6-8-15)19(23)20-11-13-26-18-10-9-16(21-22-18)17-4-3-12-25-17/h3-10,12H,2,11,13H2,1H3,(H,20,23). The predicted octanol–water partition coefficient (Wildman–Crippen LogP) is 2.94. The quantitative estimate of drug-likeness (QED) is 0.627. The van der Waals surface area contributed by atoms with E-state index in [4.69, 9.17) is 13.9 Å². The van der Waals surface area contributed by atoms with Crippen molar-refractivity contribution in [2.75, 3.05) is 19.8 Å². The van der Waals surface area contributed by atoms with Crippen molar-refractivity contribution in [2.24, 2.45) is 0 Å². The van der Waals surface area contributed by atoms with E-state index in [1.807, 2.05) is 6.92 Å². The van der Waals surface area contributed by atoms with Crippen molar-refractivity contribution in [1.82, 2.24) is 15.5 Å². The summed E-state index contributed by atoms with van der Waals surface area (Å²) in [4.78, 5) is 12.1. The molecular formula is C19H19N3O4. The van der Waals surface area contributed by atoms with Gasteiger partial charge >= 0.3 is 0 Å². The monoisotopic (exact) mass is 353 g/mol. The third-order valence-electron chi connectivity index (χ3n) is 3.48. The van der Waals surface area contributed by atoms with Crippen molar-refractivity contribution in [1.29, 1.82) is 0 Å². The van der Waals surface area contributed by atoms with Gasteiger partial charge in [0.1, 0.15) is 18.1 Å². The Morgan fingerprint density at radius 2 is 1.92 bits per heavy atom. The van der Waals surface area contributed by atoms with Crippen LogP contribution in [-0.4, -0.2) is 35.9 Å². The molecule has 0 fully saturated rings. The Balaban J connectivity index is 1.42. The summed E-state index contributed by atoms with van der Waals surface area (Å²) < 4.78 is 16.1. The molecule has 1 amide bonds. The van der Waals surface area contributed by atoms with E-state index in [0.717, 1.165) is 5.75 Å². The van der Waals surface area contributed by atoms with Crippen LogP contribution in [0.2, 0.25) is 0 Å². The molecule has 0 aliphatic heterocycles. The molecule has 3 rings (SSSR count). The molecule has 1 aromatic carbocycles. The summed E-state index contributed by atoms with van der Waals surface area (Å²) in [6, 6.07) is 14.0. The number of nitrogens with one attached hydrogen (secondary N) is 1. The summed E-state index contributed by atoms with van der Waals surface area (Å²) >= 11 is 0. The molecular weight excluding hydrogens is 334 g/mol. The molecule has 7 heteroatoms. The number of carbonyl (C=O) groups is 1. The third-order valence-corrected chi connectivity index (χ3v) is 3.48. The van der Waals surface area contributed by atoms with Crippen LogP contribution in [0.1, 0.15) is 17.3 Å². The zero-order valence-electron chi connectivity index (χ0n) is 14.3. The molecule has 0 bridgehead atoms. The van der Waals surface area contributed by atoms with Crippen LogP contribution in [-0.2, 0) is 0 Å². The topological polar surface area (TPSA) is 86.5 Å². The average Bonchev–Trinajstić information content (AvgIpc) is 3.21. The van der Waals surface area contributed by atoms with Gasteiger partial charge in [-0.3, -0.25) is 4.79 Å². The van der Waals surface area contributed by atoms with E-state index >= 15 is 0 Å². The van der Waals surface area contributed by atoms with Gasteiger partial charge < -0.3 is 19.2 Å². The fraction of sp³-hybridized carbons (Fsp3) is 0.211. The Hall–Kier alpha value is -3.35. The van der Waals surface area contributed by atoms with Gasteiger partial charge in [0.15, 0.2) is 5.76 Å². The Labute approximate surface area is 151 Å². The van der Waals surface area contributed by atoms with Crippen LogP contribution >= 0.6 is 0 Å². The van der Waals surface area contributed by atoms with Crippen molar-refractivity contribution in [2.45, 2.75) is 6.92 Å². The van der Waals surface area contributed by atoms with E-state index in [9.17, 15) is 4.79 Å². The maximum absolute atomic E-state index is 12.1. The van der Waals surface area contributed by atoms with Gasteiger partial charge in [0.2, 0.25) is 5.88 Å². The van der Waals surface area contributed by atoms with Crippen molar-refractivity contribution < 1.29 is 18.7 Å². The molecule has 3 aromatic rings. The maximum atomic E-state index is 12.1. The van der Waals surface area contributed by atoms with Crippen LogP contribution in [0.25, 0.3) is 11.5 Å². The normalized spacial score (nSPS) is 10.3. The fourth-order valence-corrected chi connectivity index (χ4v) is 2.24. The summed E-state index contributed by atoms with van der Waals surface area (Å²) in [6.45, 7) is 3.15. The van der Waals surface area contributed by atoms with Crippen LogP contribution in [0.15, 0.2) is 59.2 Å². The first-order valence-electron chi connectivity index (χ1n) is 8.27. The molecule has 7 nitrogen and oxygen atoms in total. The fourth-order valence-electron chi connectivity index (χ4n) is 2.24. The smallest absolute Gasteiger partial charge is 0.251 e. The van der Waals surface area contributed by atoms with Crippen molar-refractivity contribution in [3.63, 3.8) is 0 Å². The molecule has 0 saturated heterocycles. The second-order valence-corrected chi connectivity index (χ2v) is 5.30. The van der Waals surface area contributed by atoms with Crippen LogP contribution < -0.4 is 14.8 Å². The molecule has 2 aromatic heterocycles. The average molecular weight is 353 g/mol. The van der Waals surface area contributed by atoms with Gasteiger partial charge in [0, 0.05) is 11.6 Å². The number of aromatic nitrogens is 2. The van der Waals surface area contributed by atoms with Gasteiger partial charge in [-0.1, -0.05) is 0 Å². The molecule has 0 saturated carbocycles. The van der Waals surface area contributed by atoms with Gasteiger partial charge in [-0.2, -0.15) is 0 Å². The summed E-state index contributed by atoms with van der Waals surface area (Å²) in [5.74, 6) is 1.60.